The van der Waals surface area contributed by atoms with Gasteiger partial charge in [-0.1, -0.05) is 30.8 Å². The summed E-state index contributed by atoms with van der Waals surface area (Å²) in [5, 5.41) is 28.9. The molecule has 4 rings (SSSR count). The third-order valence-corrected chi connectivity index (χ3v) is 7.48. The van der Waals surface area contributed by atoms with E-state index >= 15 is 0 Å². The van der Waals surface area contributed by atoms with E-state index in [-0.39, 0.29) is 17.4 Å². The molecular weight excluding hydrogens is 596 g/mol. The fraction of sp³-hybridized carbons (Fsp3) is 0.389. The van der Waals surface area contributed by atoms with Gasteiger partial charge in [0.2, 0.25) is 0 Å². The predicted octanol–water partition coefficient (Wildman–Crippen LogP) is 5.27. The Hall–Kier alpha value is -4.74. The third-order valence-electron chi connectivity index (χ3n) is 7.48. The largest absolute Gasteiger partial charge is 0.504 e. The van der Waals surface area contributed by atoms with Crippen molar-refractivity contribution in [3.63, 3.8) is 0 Å². The second kappa shape index (κ2) is 16.7. The van der Waals surface area contributed by atoms with E-state index in [9.17, 15) is 15.0 Å². The molecule has 47 heavy (non-hydrogen) atoms. The lowest BCUT2D eigenvalue weighted by Crippen LogP contribution is -2.39. The van der Waals surface area contributed by atoms with Crippen LogP contribution >= 0.6 is 0 Å². The van der Waals surface area contributed by atoms with Crippen molar-refractivity contribution in [2.45, 2.75) is 45.8 Å². The van der Waals surface area contributed by atoms with E-state index in [0.29, 0.717) is 42.5 Å². The fourth-order valence-corrected chi connectivity index (χ4v) is 5.11. The van der Waals surface area contributed by atoms with Crippen LogP contribution in [0.5, 0.6) is 11.5 Å². The smallest absolute Gasteiger partial charge is 0.274 e. The molecule has 0 saturated carbocycles. The van der Waals surface area contributed by atoms with Gasteiger partial charge in [-0.2, -0.15) is 0 Å². The molecular formula is C36H48N6O5. The molecule has 0 atom stereocenters. The number of nitrogens with zero attached hydrogens (tertiary/aromatic N) is 3. The molecule has 1 saturated heterocycles. The first-order chi connectivity index (χ1) is 22.5. The number of aromatic nitrogens is 1. The SMILES string of the molecule is C=C(Nc1ccccc1NC(=O)c1ccc(CN(CCCN2CCOCC2)C(=C)NCCc2ccc(O)c(O)c2)cn1)OC(C)(C)C. The first kappa shape index (κ1) is 35.1. The Morgan fingerprint density at radius 1 is 1.00 bits per heavy atom. The Morgan fingerprint density at radius 3 is 2.36 bits per heavy atom. The Balaban J connectivity index is 1.36. The first-order valence-electron chi connectivity index (χ1n) is 16.0. The average molecular weight is 645 g/mol. The fourth-order valence-electron chi connectivity index (χ4n) is 5.11. The van der Waals surface area contributed by atoms with Crippen LogP contribution in [0.2, 0.25) is 0 Å². The van der Waals surface area contributed by atoms with Gasteiger partial charge in [-0.25, -0.2) is 0 Å². The van der Waals surface area contributed by atoms with Gasteiger partial charge in [0.25, 0.3) is 5.91 Å². The third kappa shape index (κ3) is 11.5. The lowest BCUT2D eigenvalue weighted by atomic mass is 10.1. The number of pyridine rings is 1. The molecule has 0 radical (unpaired) electrons. The number of phenolic OH excluding ortho intramolecular Hbond substituents is 2. The molecule has 252 valence electrons. The zero-order valence-electron chi connectivity index (χ0n) is 27.7. The van der Waals surface area contributed by atoms with Crippen LogP contribution in [-0.2, 0) is 22.4 Å². The van der Waals surface area contributed by atoms with Gasteiger partial charge in [0, 0.05) is 45.5 Å². The molecule has 1 aliphatic rings. The Morgan fingerprint density at radius 2 is 1.70 bits per heavy atom. The highest BCUT2D eigenvalue weighted by Gasteiger charge is 2.16. The van der Waals surface area contributed by atoms with E-state index in [0.717, 1.165) is 62.8 Å². The van der Waals surface area contributed by atoms with Crippen LogP contribution in [-0.4, -0.2) is 82.4 Å². The number of ether oxygens (including phenoxy) is 2. The Kier molecular flexibility index (Phi) is 12.5. The molecule has 0 unspecified atom stereocenters. The lowest BCUT2D eigenvalue weighted by Gasteiger charge is -2.30. The van der Waals surface area contributed by atoms with Crippen molar-refractivity contribution in [2.75, 3.05) is 56.6 Å². The summed E-state index contributed by atoms with van der Waals surface area (Å²) in [6.45, 7) is 20.4. The maximum Gasteiger partial charge on any atom is 0.274 e. The minimum Gasteiger partial charge on any atom is -0.504 e. The van der Waals surface area contributed by atoms with Crippen molar-refractivity contribution in [1.29, 1.82) is 0 Å². The monoisotopic (exact) mass is 644 g/mol. The summed E-state index contributed by atoms with van der Waals surface area (Å²) < 4.78 is 11.3. The van der Waals surface area contributed by atoms with Crippen LogP contribution in [0.15, 0.2) is 85.7 Å². The molecule has 1 amide bonds. The highest BCUT2D eigenvalue weighted by atomic mass is 16.5. The van der Waals surface area contributed by atoms with Gasteiger partial charge in [0.1, 0.15) is 11.3 Å². The van der Waals surface area contributed by atoms with Crippen LogP contribution in [0.1, 0.15) is 48.8 Å². The Bertz CT molecular complexity index is 1500. The van der Waals surface area contributed by atoms with Crippen molar-refractivity contribution in [3.05, 3.63) is 102 Å². The number of aromatic hydroxyl groups is 2. The molecule has 1 aliphatic heterocycles. The summed E-state index contributed by atoms with van der Waals surface area (Å²) in [7, 11) is 0. The van der Waals surface area contributed by atoms with Crippen LogP contribution in [0.3, 0.4) is 0 Å². The zero-order chi connectivity index (χ0) is 33.8. The number of anilines is 2. The normalized spacial score (nSPS) is 13.4. The van der Waals surface area contributed by atoms with Gasteiger partial charge in [0.15, 0.2) is 17.4 Å². The number of para-hydroxylation sites is 2. The van der Waals surface area contributed by atoms with Crippen molar-refractivity contribution >= 4 is 17.3 Å². The predicted molar refractivity (Wildman–Crippen MR) is 185 cm³/mol. The Labute approximate surface area is 277 Å². The second-order valence-electron chi connectivity index (χ2n) is 12.5. The summed E-state index contributed by atoms with van der Waals surface area (Å²) in [5.74, 6) is 0.560. The second-order valence-corrected chi connectivity index (χ2v) is 12.5. The molecule has 2 aromatic carbocycles. The maximum atomic E-state index is 13.2. The van der Waals surface area contributed by atoms with Crippen LogP contribution in [0.4, 0.5) is 11.4 Å². The van der Waals surface area contributed by atoms with Gasteiger partial charge in [-0.3, -0.25) is 14.7 Å². The lowest BCUT2D eigenvalue weighted by molar-refractivity contribution is 0.0363. The number of rotatable bonds is 16. The average Bonchev–Trinajstić information content (AvgIpc) is 3.03. The van der Waals surface area contributed by atoms with Crippen molar-refractivity contribution in [3.8, 4) is 11.5 Å². The van der Waals surface area contributed by atoms with Gasteiger partial charge >= 0.3 is 0 Å². The van der Waals surface area contributed by atoms with Crippen LogP contribution in [0, 0.1) is 0 Å². The number of carbonyl (C=O) groups is 1. The summed E-state index contributed by atoms with van der Waals surface area (Å²) >= 11 is 0. The topological polar surface area (TPSA) is 131 Å². The summed E-state index contributed by atoms with van der Waals surface area (Å²) in [6, 6.07) is 15.8. The van der Waals surface area contributed by atoms with E-state index < -0.39 is 5.60 Å². The number of hydrogen-bond acceptors (Lipinski definition) is 10. The number of hydrogen-bond donors (Lipinski definition) is 5. The molecule has 5 N–H and O–H groups in total. The number of nitrogens with one attached hydrogen (secondary N) is 3. The van der Waals surface area contributed by atoms with Crippen LogP contribution in [0.25, 0.3) is 0 Å². The van der Waals surface area contributed by atoms with Crippen LogP contribution < -0.4 is 16.0 Å². The van der Waals surface area contributed by atoms with E-state index in [1.807, 2.05) is 45.0 Å². The molecule has 0 spiro atoms. The van der Waals surface area contributed by atoms with Crippen molar-refractivity contribution < 1.29 is 24.5 Å². The van der Waals surface area contributed by atoms with Gasteiger partial charge < -0.3 is 40.5 Å². The molecule has 11 heteroatoms. The number of benzene rings is 2. The number of phenols is 2. The maximum absolute atomic E-state index is 13.2. The molecule has 11 nitrogen and oxygen atoms in total. The quantitative estimate of drug-likeness (QED) is 0.104. The molecule has 0 bridgehead atoms. The summed E-state index contributed by atoms with van der Waals surface area (Å²) in [4.78, 5) is 22.2. The molecule has 1 fully saturated rings. The highest BCUT2D eigenvalue weighted by molar-refractivity contribution is 6.04. The number of carbonyl (C=O) groups excluding carboxylic acids is 1. The zero-order valence-corrected chi connectivity index (χ0v) is 27.7. The summed E-state index contributed by atoms with van der Waals surface area (Å²) in [5.41, 5.74) is 2.97. The highest BCUT2D eigenvalue weighted by Crippen LogP contribution is 2.26. The van der Waals surface area contributed by atoms with Crippen molar-refractivity contribution in [1.82, 2.24) is 20.1 Å². The standard InChI is InChI=1S/C36H48N6O5/c1-26(37-16-15-28-12-14-33(43)34(44)23-28)42(18-8-17-41-19-21-46-22-20-41)25-29-11-13-32(38-24-29)35(45)40-31-10-7-6-9-30(31)39-27(2)47-36(3,4)5/h6-7,9-14,23-24,37,39,43-44H,1-2,8,15-22,25H2,3-5H3,(H,40,45). The van der Waals surface area contributed by atoms with Gasteiger partial charge in [-0.15, -0.1) is 0 Å². The van der Waals surface area contributed by atoms with Gasteiger partial charge in [0.05, 0.1) is 30.4 Å². The van der Waals surface area contributed by atoms with Gasteiger partial charge in [-0.05, 0) is 81.7 Å². The van der Waals surface area contributed by atoms with E-state index in [1.54, 1.807) is 30.5 Å². The first-order valence-corrected chi connectivity index (χ1v) is 16.0. The van der Waals surface area contributed by atoms with E-state index in [1.165, 1.54) is 6.07 Å². The number of amides is 1. The van der Waals surface area contributed by atoms with Crippen molar-refractivity contribution in [2.24, 2.45) is 0 Å². The minimum atomic E-state index is -0.409. The molecule has 0 aliphatic carbocycles. The summed E-state index contributed by atoms with van der Waals surface area (Å²) in [6.07, 6.45) is 3.32. The van der Waals surface area contributed by atoms with E-state index in [2.05, 4.69) is 43.9 Å². The van der Waals surface area contributed by atoms with E-state index in [4.69, 9.17) is 9.47 Å². The molecule has 2 heterocycles. The molecule has 3 aromatic rings. The minimum absolute atomic E-state index is 0.131. The molecule has 1 aromatic heterocycles. The number of morpholine rings is 1.